The molecule has 0 saturated heterocycles. The van der Waals surface area contributed by atoms with E-state index in [-0.39, 0.29) is 60.2 Å². The summed E-state index contributed by atoms with van der Waals surface area (Å²) in [4.78, 5) is 28.4. The Labute approximate surface area is 232 Å². The number of pyridine rings is 1. The summed E-state index contributed by atoms with van der Waals surface area (Å²) in [6, 6.07) is 5.06. The van der Waals surface area contributed by atoms with Crippen molar-refractivity contribution < 1.29 is 36.6 Å². The van der Waals surface area contributed by atoms with Gasteiger partial charge in [-0.1, -0.05) is 16.6 Å². The summed E-state index contributed by atoms with van der Waals surface area (Å²) in [5.41, 5.74) is -0.919. The number of nitrogens with one attached hydrogen (secondary N) is 2. The lowest BCUT2D eigenvalue weighted by molar-refractivity contribution is -0.137. The number of carbonyl (C=O) groups excluding carboxylic acids is 2. The number of hydrogen-bond acceptors (Lipinski definition) is 9. The molecular formula is C24H21F5N8O3S. The quantitative estimate of drug-likeness (QED) is 0.224. The minimum absolute atomic E-state index is 0.0113. The van der Waals surface area contributed by atoms with Gasteiger partial charge < -0.3 is 15.7 Å². The fraction of sp³-hybridized carbons (Fsp3) is 0.292. The molecule has 11 nitrogen and oxygen atoms in total. The maximum atomic E-state index is 14.6. The molecule has 41 heavy (non-hydrogen) atoms. The van der Waals surface area contributed by atoms with E-state index in [1.165, 1.54) is 18.3 Å². The van der Waals surface area contributed by atoms with Crippen molar-refractivity contribution in [3.05, 3.63) is 81.1 Å². The van der Waals surface area contributed by atoms with Gasteiger partial charge in [-0.05, 0) is 36.8 Å². The maximum absolute atomic E-state index is 14.6. The van der Waals surface area contributed by atoms with Crippen LogP contribution in [-0.2, 0) is 32.2 Å². The van der Waals surface area contributed by atoms with Gasteiger partial charge in [-0.3, -0.25) is 14.6 Å². The van der Waals surface area contributed by atoms with Crippen LogP contribution < -0.4 is 10.6 Å². The first kappa shape index (κ1) is 29.4. The number of aromatic nitrogens is 6. The third kappa shape index (κ3) is 8.23. The Bertz CT molecular complexity index is 1530. The Hall–Kier alpha value is -4.54. The zero-order valence-corrected chi connectivity index (χ0v) is 21.7. The number of hydrogen-bond donors (Lipinski definition) is 3. The van der Waals surface area contributed by atoms with Crippen LogP contribution in [0.2, 0.25) is 0 Å². The number of aromatic hydroxyl groups is 1. The monoisotopic (exact) mass is 596 g/mol. The molecule has 3 aromatic heterocycles. The van der Waals surface area contributed by atoms with Crippen molar-refractivity contribution in [1.82, 2.24) is 40.8 Å². The summed E-state index contributed by atoms with van der Waals surface area (Å²) in [6.07, 6.45) is -3.60. The summed E-state index contributed by atoms with van der Waals surface area (Å²) in [5.74, 6) is -2.10. The van der Waals surface area contributed by atoms with E-state index in [0.717, 1.165) is 40.4 Å². The Kier molecular flexibility index (Phi) is 9.16. The van der Waals surface area contributed by atoms with Gasteiger partial charge in [0.2, 0.25) is 5.01 Å². The fourth-order valence-corrected chi connectivity index (χ4v) is 4.24. The number of phenols is 1. The first-order valence-corrected chi connectivity index (χ1v) is 12.7. The number of amides is 2. The Morgan fingerprint density at radius 3 is 2.61 bits per heavy atom. The lowest BCUT2D eigenvalue weighted by Crippen LogP contribution is -2.23. The number of rotatable bonds is 11. The normalized spacial score (nSPS) is 12.2. The van der Waals surface area contributed by atoms with Crippen LogP contribution in [-0.4, -0.2) is 53.3 Å². The first-order chi connectivity index (χ1) is 19.5. The Morgan fingerprint density at radius 2 is 1.83 bits per heavy atom. The second kappa shape index (κ2) is 12.8. The van der Waals surface area contributed by atoms with E-state index in [2.05, 4.69) is 36.1 Å². The zero-order chi connectivity index (χ0) is 29.6. The lowest BCUT2D eigenvalue weighted by atomic mass is 10.2. The molecule has 17 heteroatoms. The van der Waals surface area contributed by atoms with Crippen molar-refractivity contribution in [2.24, 2.45) is 0 Å². The number of aryl methyl sites for hydroxylation is 1. The predicted molar refractivity (Wildman–Crippen MR) is 133 cm³/mol. The molecule has 0 saturated carbocycles. The van der Waals surface area contributed by atoms with Crippen LogP contribution in [0.5, 0.6) is 5.75 Å². The standard InChI is InChI=1S/C24H21F5N8O3S/c25-15(11-37-12-19(33-36-37)21(39)31-9-13-7-17(38)2-3-18(13)26)1-4-20-34-35-23(41-20)22(40)32-10-16-8-14(5-6-30-16)24(27,28)29/h2-3,5-8,12,15,38H,1,4,9-11H2,(H,31,39)(H,32,40). The van der Waals surface area contributed by atoms with Crippen molar-refractivity contribution in [2.45, 2.75) is 44.8 Å². The number of carbonyl (C=O) groups is 2. The second-order valence-electron chi connectivity index (χ2n) is 8.64. The van der Waals surface area contributed by atoms with Gasteiger partial charge in [0.25, 0.3) is 11.8 Å². The molecular weight excluding hydrogens is 575 g/mol. The lowest BCUT2D eigenvalue weighted by Gasteiger charge is -2.08. The van der Waals surface area contributed by atoms with Crippen LogP contribution in [0.25, 0.3) is 0 Å². The molecule has 0 fully saturated rings. The van der Waals surface area contributed by atoms with Gasteiger partial charge in [-0.25, -0.2) is 13.5 Å². The molecule has 3 heterocycles. The van der Waals surface area contributed by atoms with Gasteiger partial charge >= 0.3 is 6.18 Å². The number of alkyl halides is 4. The van der Waals surface area contributed by atoms with E-state index in [4.69, 9.17) is 0 Å². The molecule has 1 unspecified atom stereocenters. The van der Waals surface area contributed by atoms with Crippen molar-refractivity contribution >= 4 is 23.2 Å². The smallest absolute Gasteiger partial charge is 0.416 e. The summed E-state index contributed by atoms with van der Waals surface area (Å²) in [7, 11) is 0. The SMILES string of the molecule is O=C(NCc1cc(O)ccc1F)c1cn(CC(F)CCc2nnc(C(=O)NCc3cc(C(F)(F)F)ccn3)s2)nn1. The average Bonchev–Trinajstić information content (AvgIpc) is 3.61. The van der Waals surface area contributed by atoms with Crippen LogP contribution >= 0.6 is 11.3 Å². The van der Waals surface area contributed by atoms with Crippen LogP contribution in [0.1, 0.15) is 48.5 Å². The van der Waals surface area contributed by atoms with Gasteiger partial charge in [0, 0.05) is 24.7 Å². The van der Waals surface area contributed by atoms with Gasteiger partial charge in [0.15, 0.2) is 5.69 Å². The van der Waals surface area contributed by atoms with Gasteiger partial charge in [-0.15, -0.1) is 15.3 Å². The molecule has 1 aromatic carbocycles. The van der Waals surface area contributed by atoms with Crippen LogP contribution in [0.15, 0.2) is 42.7 Å². The first-order valence-electron chi connectivity index (χ1n) is 11.9. The highest BCUT2D eigenvalue weighted by Gasteiger charge is 2.30. The number of halogens is 5. The van der Waals surface area contributed by atoms with Crippen molar-refractivity contribution in [1.29, 1.82) is 0 Å². The molecule has 4 rings (SSSR count). The molecule has 0 spiro atoms. The van der Waals surface area contributed by atoms with E-state index in [9.17, 15) is 36.6 Å². The number of phenolic OH excluding ortho intramolecular Hbond substituents is 1. The van der Waals surface area contributed by atoms with Crippen LogP contribution in [0, 0.1) is 5.82 Å². The summed E-state index contributed by atoms with van der Waals surface area (Å²) < 4.78 is 67.9. The molecule has 3 N–H and O–H groups in total. The highest BCUT2D eigenvalue weighted by Crippen LogP contribution is 2.29. The average molecular weight is 597 g/mol. The van der Waals surface area contributed by atoms with E-state index in [1.807, 2.05) is 0 Å². The molecule has 0 aliphatic rings. The zero-order valence-electron chi connectivity index (χ0n) is 20.9. The topological polar surface area (TPSA) is 148 Å². The van der Waals surface area contributed by atoms with E-state index >= 15 is 0 Å². The number of benzene rings is 1. The highest BCUT2D eigenvalue weighted by molar-refractivity contribution is 7.13. The van der Waals surface area contributed by atoms with Gasteiger partial charge in [-0.2, -0.15) is 13.2 Å². The highest BCUT2D eigenvalue weighted by atomic mass is 32.1. The third-order valence-corrected chi connectivity index (χ3v) is 6.51. The van der Waals surface area contributed by atoms with Gasteiger partial charge in [0.1, 0.15) is 22.7 Å². The molecule has 1 atom stereocenters. The molecule has 0 aliphatic heterocycles. The van der Waals surface area contributed by atoms with E-state index in [0.29, 0.717) is 5.01 Å². The fourth-order valence-electron chi connectivity index (χ4n) is 3.47. The summed E-state index contributed by atoms with van der Waals surface area (Å²) in [6.45, 7) is -0.686. The van der Waals surface area contributed by atoms with Crippen LogP contribution in [0.4, 0.5) is 22.0 Å². The van der Waals surface area contributed by atoms with E-state index in [1.54, 1.807) is 0 Å². The minimum atomic E-state index is -4.54. The predicted octanol–water partition coefficient (Wildman–Crippen LogP) is 3.22. The molecule has 216 valence electrons. The van der Waals surface area contributed by atoms with Crippen LogP contribution in [0.3, 0.4) is 0 Å². The maximum Gasteiger partial charge on any atom is 0.416 e. The largest absolute Gasteiger partial charge is 0.508 e. The molecule has 0 bridgehead atoms. The minimum Gasteiger partial charge on any atom is -0.508 e. The molecule has 0 aliphatic carbocycles. The Balaban J connectivity index is 1.22. The molecule has 0 radical (unpaired) electrons. The van der Waals surface area contributed by atoms with Gasteiger partial charge in [0.05, 0.1) is 30.5 Å². The van der Waals surface area contributed by atoms with Crippen molar-refractivity contribution in [2.75, 3.05) is 0 Å². The van der Waals surface area contributed by atoms with E-state index < -0.39 is 35.5 Å². The third-order valence-electron chi connectivity index (χ3n) is 5.53. The Morgan fingerprint density at radius 1 is 1.05 bits per heavy atom. The summed E-state index contributed by atoms with van der Waals surface area (Å²) >= 11 is 0.914. The van der Waals surface area contributed by atoms with Crippen molar-refractivity contribution in [3.8, 4) is 5.75 Å². The molecule has 2 amide bonds. The summed E-state index contributed by atoms with van der Waals surface area (Å²) in [5, 5.41) is 29.6. The molecule has 4 aromatic rings. The van der Waals surface area contributed by atoms with Crippen molar-refractivity contribution in [3.63, 3.8) is 0 Å². The second-order valence-corrected chi connectivity index (χ2v) is 9.70. The number of nitrogens with zero attached hydrogens (tertiary/aromatic N) is 6.